The first-order valence-corrected chi connectivity index (χ1v) is 6.09. The molecule has 0 amide bonds. The molecule has 15 heavy (non-hydrogen) atoms. The molecule has 0 radical (unpaired) electrons. The lowest BCUT2D eigenvalue weighted by atomic mass is 10.2. The highest BCUT2D eigenvalue weighted by Gasteiger charge is 2.15. The molecule has 5 heteroatoms. The maximum Gasteiger partial charge on any atom is 0.131 e. The van der Waals surface area contributed by atoms with Crippen molar-refractivity contribution in [3.8, 4) is 0 Å². The molecule has 0 atom stereocenters. The van der Waals surface area contributed by atoms with Gasteiger partial charge in [-0.2, -0.15) is 11.8 Å². The number of thioether (sulfide) groups is 1. The minimum absolute atomic E-state index is 0.213. The van der Waals surface area contributed by atoms with Crippen molar-refractivity contribution in [2.45, 2.75) is 18.6 Å². The number of hydrogen-bond donors (Lipinski definition) is 2. The number of rotatable bonds is 5. The average Bonchev–Trinajstić information content (AvgIpc) is 2.27. The van der Waals surface area contributed by atoms with Gasteiger partial charge in [0.15, 0.2) is 0 Å². The summed E-state index contributed by atoms with van der Waals surface area (Å²) in [7, 11) is 1.85. The summed E-state index contributed by atoms with van der Waals surface area (Å²) in [4.78, 5) is 8.21. The maximum atomic E-state index is 4.15. The van der Waals surface area contributed by atoms with Crippen LogP contribution in [-0.4, -0.2) is 34.6 Å². The van der Waals surface area contributed by atoms with Gasteiger partial charge in [0.25, 0.3) is 0 Å². The lowest BCUT2D eigenvalue weighted by molar-refractivity contribution is 0.750. The van der Waals surface area contributed by atoms with E-state index < -0.39 is 0 Å². The smallest absolute Gasteiger partial charge is 0.131 e. The normalized spacial score (nSPS) is 11.2. The average molecular weight is 226 g/mol. The van der Waals surface area contributed by atoms with E-state index in [1.807, 2.05) is 24.9 Å². The van der Waals surface area contributed by atoms with Gasteiger partial charge >= 0.3 is 0 Å². The fourth-order valence-corrected chi connectivity index (χ4v) is 1.18. The lowest BCUT2D eigenvalue weighted by Crippen LogP contribution is -2.26. The number of anilines is 2. The summed E-state index contributed by atoms with van der Waals surface area (Å²) in [6.45, 7) is 5.28. The van der Waals surface area contributed by atoms with Crippen molar-refractivity contribution < 1.29 is 0 Å². The third-order valence-electron chi connectivity index (χ3n) is 2.17. The second-order valence-electron chi connectivity index (χ2n) is 3.86. The standard InChI is InChI=1S/C10H18N4S/c1-10(2,15-4)6-12-9-5-8(11-3)13-7-14-9/h5,7H,6H2,1-4H3,(H2,11,12,13,14). The quantitative estimate of drug-likeness (QED) is 0.805. The van der Waals surface area contributed by atoms with Gasteiger partial charge in [0, 0.05) is 24.4 Å². The predicted molar refractivity (Wildman–Crippen MR) is 67.7 cm³/mol. The van der Waals surface area contributed by atoms with Crippen LogP contribution in [-0.2, 0) is 0 Å². The Morgan fingerprint density at radius 2 is 2.00 bits per heavy atom. The summed E-state index contributed by atoms with van der Waals surface area (Å²) < 4.78 is 0.213. The highest BCUT2D eigenvalue weighted by Crippen LogP contribution is 2.21. The Balaban J connectivity index is 2.57. The van der Waals surface area contributed by atoms with Crippen molar-refractivity contribution in [1.29, 1.82) is 0 Å². The molecule has 0 bridgehead atoms. The third kappa shape index (κ3) is 3.95. The van der Waals surface area contributed by atoms with Crippen LogP contribution in [0.25, 0.3) is 0 Å². The zero-order chi connectivity index (χ0) is 11.3. The van der Waals surface area contributed by atoms with E-state index >= 15 is 0 Å². The van der Waals surface area contributed by atoms with E-state index in [1.165, 1.54) is 0 Å². The molecule has 1 aromatic heterocycles. The maximum absolute atomic E-state index is 4.15. The number of hydrogen-bond acceptors (Lipinski definition) is 5. The van der Waals surface area contributed by atoms with Gasteiger partial charge in [-0.05, 0) is 20.1 Å². The van der Waals surface area contributed by atoms with E-state index in [-0.39, 0.29) is 4.75 Å². The predicted octanol–water partition coefficient (Wildman–Crippen LogP) is 2.07. The van der Waals surface area contributed by atoms with Gasteiger partial charge in [0.2, 0.25) is 0 Å². The van der Waals surface area contributed by atoms with E-state index in [1.54, 1.807) is 6.33 Å². The highest BCUT2D eigenvalue weighted by molar-refractivity contribution is 7.99. The molecule has 0 spiro atoms. The number of nitrogens with zero attached hydrogens (tertiary/aromatic N) is 2. The molecule has 0 aliphatic rings. The van der Waals surface area contributed by atoms with Crippen molar-refractivity contribution in [3.63, 3.8) is 0 Å². The van der Waals surface area contributed by atoms with Gasteiger partial charge < -0.3 is 10.6 Å². The highest BCUT2D eigenvalue weighted by atomic mass is 32.2. The summed E-state index contributed by atoms with van der Waals surface area (Å²) in [6.07, 6.45) is 3.67. The molecule has 0 aromatic carbocycles. The molecule has 0 saturated heterocycles. The summed E-state index contributed by atoms with van der Waals surface area (Å²) in [5.41, 5.74) is 0. The van der Waals surface area contributed by atoms with Crippen LogP contribution in [0, 0.1) is 0 Å². The van der Waals surface area contributed by atoms with E-state index in [0.717, 1.165) is 18.2 Å². The van der Waals surface area contributed by atoms with E-state index in [2.05, 4.69) is 40.7 Å². The minimum Gasteiger partial charge on any atom is -0.373 e. The van der Waals surface area contributed by atoms with Crippen molar-refractivity contribution in [2.24, 2.45) is 0 Å². The van der Waals surface area contributed by atoms with E-state index in [4.69, 9.17) is 0 Å². The van der Waals surface area contributed by atoms with Crippen molar-refractivity contribution in [3.05, 3.63) is 12.4 Å². The van der Waals surface area contributed by atoms with Crippen molar-refractivity contribution in [1.82, 2.24) is 9.97 Å². The molecule has 4 nitrogen and oxygen atoms in total. The van der Waals surface area contributed by atoms with Gasteiger partial charge in [-0.3, -0.25) is 0 Å². The fourth-order valence-electron chi connectivity index (χ4n) is 0.966. The molecule has 1 rings (SSSR count). The van der Waals surface area contributed by atoms with Gasteiger partial charge in [0.05, 0.1) is 0 Å². The van der Waals surface area contributed by atoms with Crippen LogP contribution in [0.5, 0.6) is 0 Å². The third-order valence-corrected chi connectivity index (χ3v) is 3.42. The number of nitrogens with one attached hydrogen (secondary N) is 2. The molecule has 0 saturated carbocycles. The van der Waals surface area contributed by atoms with Gasteiger partial charge in [-0.1, -0.05) is 0 Å². The Bertz CT molecular complexity index is 314. The van der Waals surface area contributed by atoms with E-state index in [0.29, 0.717) is 0 Å². The monoisotopic (exact) mass is 226 g/mol. The first-order chi connectivity index (χ1) is 7.07. The second kappa shape index (κ2) is 5.21. The van der Waals surface area contributed by atoms with Crippen LogP contribution in [0.3, 0.4) is 0 Å². The van der Waals surface area contributed by atoms with Gasteiger partial charge in [-0.15, -0.1) is 0 Å². The minimum atomic E-state index is 0.213. The first kappa shape index (κ1) is 12.1. The molecule has 0 aliphatic carbocycles. The Morgan fingerprint density at radius 3 is 2.60 bits per heavy atom. The van der Waals surface area contributed by atoms with Gasteiger partial charge in [-0.25, -0.2) is 9.97 Å². The lowest BCUT2D eigenvalue weighted by Gasteiger charge is -2.22. The summed E-state index contributed by atoms with van der Waals surface area (Å²) in [5, 5.41) is 6.28. The zero-order valence-corrected chi connectivity index (χ0v) is 10.5. The molecular weight excluding hydrogens is 208 g/mol. The molecule has 2 N–H and O–H groups in total. The Hall–Kier alpha value is -0.970. The summed E-state index contributed by atoms with van der Waals surface area (Å²) in [5.74, 6) is 1.69. The van der Waals surface area contributed by atoms with Crippen LogP contribution in [0.4, 0.5) is 11.6 Å². The molecule has 0 fully saturated rings. The Labute approximate surface area is 95.3 Å². The van der Waals surface area contributed by atoms with Crippen LogP contribution in [0.2, 0.25) is 0 Å². The van der Waals surface area contributed by atoms with Crippen LogP contribution in [0.15, 0.2) is 12.4 Å². The summed E-state index contributed by atoms with van der Waals surface area (Å²) in [6, 6.07) is 1.90. The van der Waals surface area contributed by atoms with Crippen molar-refractivity contribution in [2.75, 3.05) is 30.5 Å². The fraction of sp³-hybridized carbons (Fsp3) is 0.600. The largest absolute Gasteiger partial charge is 0.373 e. The van der Waals surface area contributed by atoms with Crippen molar-refractivity contribution >= 4 is 23.4 Å². The van der Waals surface area contributed by atoms with Crippen LogP contribution in [0.1, 0.15) is 13.8 Å². The molecule has 84 valence electrons. The second-order valence-corrected chi connectivity index (χ2v) is 5.37. The number of aromatic nitrogens is 2. The molecular formula is C10H18N4S. The Kier molecular flexibility index (Phi) is 4.20. The molecule has 1 heterocycles. The molecule has 0 aliphatic heterocycles. The van der Waals surface area contributed by atoms with Gasteiger partial charge in [0.1, 0.15) is 18.0 Å². The zero-order valence-electron chi connectivity index (χ0n) is 9.66. The Morgan fingerprint density at radius 1 is 1.33 bits per heavy atom. The van der Waals surface area contributed by atoms with E-state index in [9.17, 15) is 0 Å². The SMILES string of the molecule is CNc1cc(NCC(C)(C)SC)ncn1. The first-order valence-electron chi connectivity index (χ1n) is 4.86. The molecule has 1 aromatic rings. The van der Waals surface area contributed by atoms with Crippen LogP contribution < -0.4 is 10.6 Å². The topological polar surface area (TPSA) is 49.8 Å². The summed E-state index contributed by atoms with van der Waals surface area (Å²) >= 11 is 1.83. The molecule has 0 unspecified atom stereocenters. The van der Waals surface area contributed by atoms with Crippen LogP contribution >= 0.6 is 11.8 Å².